The van der Waals surface area contributed by atoms with Gasteiger partial charge in [-0.25, -0.2) is 13.1 Å². The highest BCUT2D eigenvalue weighted by molar-refractivity contribution is 7.90. The van der Waals surface area contributed by atoms with E-state index in [1.165, 1.54) is 29.2 Å². The van der Waals surface area contributed by atoms with Gasteiger partial charge in [-0.2, -0.15) is 0 Å². The Labute approximate surface area is 171 Å². The number of benzene rings is 2. The number of hydrogen-bond acceptors (Lipinski definition) is 4. The molecule has 2 aromatic rings. The number of aryl methyl sites for hydroxylation is 1. The van der Waals surface area contributed by atoms with Crippen molar-refractivity contribution in [2.45, 2.75) is 18.7 Å². The first kappa shape index (κ1) is 22.1. The monoisotopic (exact) mass is 412 g/mol. The van der Waals surface area contributed by atoms with Crippen molar-refractivity contribution in [2.24, 2.45) is 0 Å². The van der Waals surface area contributed by atoms with Crippen LogP contribution in [0.15, 0.2) is 72.7 Å². The maximum absolute atomic E-state index is 12.6. The van der Waals surface area contributed by atoms with Gasteiger partial charge in [-0.05, 0) is 55.3 Å². The van der Waals surface area contributed by atoms with Crippen LogP contribution in [-0.2, 0) is 10.0 Å². The van der Waals surface area contributed by atoms with Crippen LogP contribution in [0.25, 0.3) is 0 Å². The van der Waals surface area contributed by atoms with Gasteiger partial charge in [0.15, 0.2) is 0 Å². The molecule has 0 aliphatic carbocycles. The van der Waals surface area contributed by atoms with E-state index in [2.05, 4.69) is 17.9 Å². The molecule has 0 saturated carbocycles. The molecule has 0 aliphatic rings. The summed E-state index contributed by atoms with van der Waals surface area (Å²) in [5, 5.41) is 0. The van der Waals surface area contributed by atoms with E-state index in [4.69, 9.17) is 0 Å². The van der Waals surface area contributed by atoms with E-state index in [-0.39, 0.29) is 10.8 Å². The molecule has 0 aliphatic heterocycles. The summed E-state index contributed by atoms with van der Waals surface area (Å²) >= 11 is 0. The molecule has 0 fully saturated rings. The Morgan fingerprint density at radius 3 is 2.14 bits per heavy atom. The zero-order valence-corrected chi connectivity index (χ0v) is 17.3. The van der Waals surface area contributed by atoms with Gasteiger partial charge in [0.05, 0.1) is 4.90 Å². The third-order valence-corrected chi connectivity index (χ3v) is 5.82. The third kappa shape index (κ3) is 5.20. The molecule has 1 N–H and O–H groups in total. The molecule has 0 heterocycles. The Hall–Kier alpha value is -3.19. The minimum Gasteiger partial charge on any atom is -0.331 e. The van der Waals surface area contributed by atoms with Gasteiger partial charge in [-0.15, -0.1) is 13.2 Å². The average molecular weight is 413 g/mol. The second kappa shape index (κ2) is 9.34. The lowest BCUT2D eigenvalue weighted by Gasteiger charge is -2.19. The lowest BCUT2D eigenvalue weighted by Crippen LogP contribution is -2.32. The summed E-state index contributed by atoms with van der Waals surface area (Å²) in [5.41, 5.74) is 2.23. The quantitative estimate of drug-likeness (QED) is 0.675. The van der Waals surface area contributed by atoms with E-state index >= 15 is 0 Å². The van der Waals surface area contributed by atoms with Crippen molar-refractivity contribution >= 4 is 21.8 Å². The summed E-state index contributed by atoms with van der Waals surface area (Å²) < 4.78 is 27.2. The van der Waals surface area contributed by atoms with Crippen LogP contribution in [-0.4, -0.2) is 38.2 Å². The normalized spacial score (nSPS) is 10.8. The molecule has 0 radical (unpaired) electrons. The minimum absolute atomic E-state index is 0.105. The van der Waals surface area contributed by atoms with Crippen LogP contribution in [0.1, 0.15) is 31.8 Å². The molecule has 6 nitrogen and oxygen atoms in total. The maximum Gasteiger partial charge on any atom is 0.265 e. The lowest BCUT2D eigenvalue weighted by atomic mass is 10.0. The van der Waals surface area contributed by atoms with Crippen LogP contribution < -0.4 is 4.72 Å². The summed E-state index contributed by atoms with van der Waals surface area (Å²) in [4.78, 5) is 26.4. The molecule has 0 bridgehead atoms. The molecule has 0 saturated heterocycles. The van der Waals surface area contributed by atoms with Crippen molar-refractivity contribution in [1.29, 1.82) is 0 Å². The summed E-state index contributed by atoms with van der Waals surface area (Å²) in [7, 11) is -4.08. The lowest BCUT2D eigenvalue weighted by molar-refractivity contribution is 0.0790. The Balaban J connectivity index is 2.22. The first-order chi connectivity index (χ1) is 13.7. The van der Waals surface area contributed by atoms with Gasteiger partial charge in [-0.1, -0.05) is 24.3 Å². The molecular weight excluding hydrogens is 388 g/mol. The molecule has 29 heavy (non-hydrogen) atoms. The standard InChI is InChI=1S/C22H24N2O4S/c1-5-14-24(15-6-2)22(26)18-10-12-19(13-11-18)29(27,28)23-21(25)20-9-7-8-16(3)17(20)4/h5-13H,1-2,14-15H2,3-4H3,(H,23,25). The summed E-state index contributed by atoms with van der Waals surface area (Å²) in [6, 6.07) is 10.5. The molecule has 0 unspecified atom stereocenters. The molecule has 0 atom stereocenters. The molecular formula is C22H24N2O4S. The van der Waals surface area contributed by atoms with E-state index in [1.54, 1.807) is 31.2 Å². The highest BCUT2D eigenvalue weighted by atomic mass is 32.2. The Kier molecular flexibility index (Phi) is 7.12. The summed E-state index contributed by atoms with van der Waals surface area (Å²) in [5.74, 6) is -0.970. The number of carbonyl (C=O) groups excluding carboxylic acids is 2. The number of sulfonamides is 1. The second-order valence-electron chi connectivity index (χ2n) is 6.49. The number of carbonyl (C=O) groups is 2. The second-order valence-corrected chi connectivity index (χ2v) is 8.18. The third-order valence-electron chi connectivity index (χ3n) is 4.47. The van der Waals surface area contributed by atoms with Crippen molar-refractivity contribution in [2.75, 3.05) is 13.1 Å². The van der Waals surface area contributed by atoms with Crippen LogP contribution >= 0.6 is 0 Å². The number of nitrogens with zero attached hydrogens (tertiary/aromatic N) is 1. The smallest absolute Gasteiger partial charge is 0.265 e. The molecule has 2 amide bonds. The predicted molar refractivity (Wildman–Crippen MR) is 113 cm³/mol. The predicted octanol–water partition coefficient (Wildman–Crippen LogP) is 3.24. The molecule has 152 valence electrons. The largest absolute Gasteiger partial charge is 0.331 e. The number of hydrogen-bond donors (Lipinski definition) is 1. The summed E-state index contributed by atoms with van der Waals surface area (Å²) in [6.07, 6.45) is 3.20. The number of rotatable bonds is 8. The highest BCUT2D eigenvalue weighted by Crippen LogP contribution is 2.16. The molecule has 0 spiro atoms. The zero-order chi connectivity index (χ0) is 21.6. The van der Waals surface area contributed by atoms with Gasteiger partial charge < -0.3 is 4.90 Å². The Morgan fingerprint density at radius 1 is 1.00 bits per heavy atom. The fourth-order valence-electron chi connectivity index (χ4n) is 2.74. The topological polar surface area (TPSA) is 83.6 Å². The van der Waals surface area contributed by atoms with E-state index in [9.17, 15) is 18.0 Å². The number of nitrogens with one attached hydrogen (secondary N) is 1. The van der Waals surface area contributed by atoms with Crippen molar-refractivity contribution in [3.63, 3.8) is 0 Å². The van der Waals surface area contributed by atoms with E-state index < -0.39 is 15.9 Å². The Bertz CT molecular complexity index is 1030. The van der Waals surface area contributed by atoms with Gasteiger partial charge in [-0.3, -0.25) is 9.59 Å². The molecule has 2 aromatic carbocycles. The van der Waals surface area contributed by atoms with E-state index in [0.717, 1.165) is 5.56 Å². The van der Waals surface area contributed by atoms with Crippen LogP contribution in [0.2, 0.25) is 0 Å². The first-order valence-corrected chi connectivity index (χ1v) is 10.4. The van der Waals surface area contributed by atoms with E-state index in [1.807, 2.05) is 13.0 Å². The van der Waals surface area contributed by atoms with Crippen molar-refractivity contribution in [3.05, 3.63) is 90.0 Å². The van der Waals surface area contributed by atoms with Gasteiger partial charge >= 0.3 is 0 Å². The minimum atomic E-state index is -4.08. The maximum atomic E-state index is 12.6. The number of amides is 2. The zero-order valence-electron chi connectivity index (χ0n) is 16.5. The molecule has 2 rings (SSSR count). The highest BCUT2D eigenvalue weighted by Gasteiger charge is 2.21. The fraction of sp³-hybridized carbons (Fsp3) is 0.182. The van der Waals surface area contributed by atoms with Crippen LogP contribution in [0, 0.1) is 13.8 Å². The van der Waals surface area contributed by atoms with Gasteiger partial charge in [0.1, 0.15) is 0 Å². The van der Waals surface area contributed by atoms with Gasteiger partial charge in [0.2, 0.25) is 0 Å². The van der Waals surface area contributed by atoms with Crippen molar-refractivity contribution in [3.8, 4) is 0 Å². The average Bonchev–Trinajstić information content (AvgIpc) is 2.69. The van der Waals surface area contributed by atoms with E-state index in [0.29, 0.717) is 29.8 Å². The van der Waals surface area contributed by atoms with Crippen molar-refractivity contribution < 1.29 is 18.0 Å². The van der Waals surface area contributed by atoms with Crippen LogP contribution in [0.5, 0.6) is 0 Å². The molecule has 0 aromatic heterocycles. The summed E-state index contributed by atoms with van der Waals surface area (Å²) in [6.45, 7) is 11.5. The van der Waals surface area contributed by atoms with Crippen LogP contribution in [0.4, 0.5) is 0 Å². The first-order valence-electron chi connectivity index (χ1n) is 8.95. The molecule has 7 heteroatoms. The van der Waals surface area contributed by atoms with Crippen LogP contribution in [0.3, 0.4) is 0 Å². The van der Waals surface area contributed by atoms with Gasteiger partial charge in [0.25, 0.3) is 21.8 Å². The van der Waals surface area contributed by atoms with Gasteiger partial charge in [0, 0.05) is 24.2 Å². The fourth-order valence-corrected chi connectivity index (χ4v) is 3.71. The Morgan fingerprint density at radius 2 is 1.59 bits per heavy atom. The van der Waals surface area contributed by atoms with Crippen molar-refractivity contribution in [1.82, 2.24) is 9.62 Å². The SMILES string of the molecule is C=CCN(CC=C)C(=O)c1ccc(S(=O)(=O)NC(=O)c2cccc(C)c2C)cc1.